The Morgan fingerprint density at radius 3 is 0.667 bits per heavy atom. The molecule has 0 spiro atoms. The van der Waals surface area contributed by atoms with Crippen molar-refractivity contribution in [2.75, 3.05) is 0 Å². The van der Waals surface area contributed by atoms with E-state index in [0.717, 1.165) is 0 Å². The van der Waals surface area contributed by atoms with Gasteiger partial charge in [-0.15, -0.1) is 0 Å². The fraction of sp³-hybridized carbons (Fsp3) is 0. The van der Waals surface area contributed by atoms with Gasteiger partial charge in [0.15, 0.2) is 0 Å². The minimum Gasteiger partial charge on any atom is 0 e. The third-order valence-corrected chi connectivity index (χ3v) is 0. The van der Waals surface area contributed by atoms with Crippen LogP contribution in [0.4, 0.5) is 0 Å². The van der Waals surface area contributed by atoms with Crippen molar-refractivity contribution >= 4 is 59.1 Å². The molecular formula is H6CoNa2NiO2. The Bertz CT molecular complexity index is 11.5. The zero-order chi connectivity index (χ0) is 0. The Hall–Kier alpha value is 2.92. The monoisotopic (exact) mass is 201 g/mol. The molecule has 0 heterocycles. The summed E-state index contributed by atoms with van der Waals surface area (Å²) in [7, 11) is 0. The van der Waals surface area contributed by atoms with Gasteiger partial charge < -0.3 is 11.0 Å². The first kappa shape index (κ1) is 65.6. The van der Waals surface area contributed by atoms with Gasteiger partial charge in [0.05, 0.1) is 0 Å². The zero-order valence-electron chi connectivity index (χ0n) is 1.65. The largest absolute Gasteiger partial charge is 0 e. The van der Waals surface area contributed by atoms with Crippen molar-refractivity contribution in [1.82, 2.24) is 0 Å². The molecule has 0 amide bonds. The van der Waals surface area contributed by atoms with E-state index < -0.39 is 0 Å². The molecular weight excluding hydrogens is 196 g/mol. The third-order valence-electron chi connectivity index (χ3n) is 0. The Labute approximate surface area is 102 Å². The van der Waals surface area contributed by atoms with Crippen molar-refractivity contribution in [3.05, 3.63) is 0 Å². The summed E-state index contributed by atoms with van der Waals surface area (Å²) < 4.78 is 0. The van der Waals surface area contributed by atoms with Gasteiger partial charge in [0.2, 0.25) is 0 Å². The standard InChI is InChI=1S/Co.2Na.Ni.2H2O.2H/h;;;;2*1H2;;. The van der Waals surface area contributed by atoms with Crippen LogP contribution in [-0.4, -0.2) is 70.1 Å². The van der Waals surface area contributed by atoms with Crippen molar-refractivity contribution in [2.45, 2.75) is 0 Å². The van der Waals surface area contributed by atoms with Gasteiger partial charge in [-0.05, 0) is 0 Å². The van der Waals surface area contributed by atoms with E-state index in [1.54, 1.807) is 0 Å². The molecule has 4 N–H and O–H groups in total. The van der Waals surface area contributed by atoms with Crippen LogP contribution in [0.15, 0.2) is 0 Å². The van der Waals surface area contributed by atoms with Crippen molar-refractivity contribution in [1.29, 1.82) is 0 Å². The van der Waals surface area contributed by atoms with Crippen LogP contribution in [0.25, 0.3) is 0 Å². The second kappa shape index (κ2) is 44.5. The molecule has 0 rings (SSSR count). The van der Waals surface area contributed by atoms with Gasteiger partial charge in [-0.3, -0.25) is 0 Å². The van der Waals surface area contributed by atoms with Crippen LogP contribution >= 0.6 is 0 Å². The average Bonchev–Trinajstić information content (AvgIpc) is 0. The summed E-state index contributed by atoms with van der Waals surface area (Å²) in [6, 6.07) is 0. The molecule has 0 atom stereocenters. The molecule has 0 aromatic heterocycles. The minimum absolute atomic E-state index is 0. The van der Waals surface area contributed by atoms with E-state index in [2.05, 4.69) is 0 Å². The quantitative estimate of drug-likeness (QED) is 0.377. The number of hydrogen-bond donors (Lipinski definition) is 0. The molecule has 1 radical (unpaired) electrons. The SMILES string of the molecule is O.O.[Co].[NaH].[NaH].[Ni]. The minimum atomic E-state index is 0. The molecule has 6 heteroatoms. The maximum atomic E-state index is 0. The normalized spacial score (nSPS) is 0. The van der Waals surface area contributed by atoms with Crippen LogP contribution in [0.1, 0.15) is 0 Å². The summed E-state index contributed by atoms with van der Waals surface area (Å²) in [6.07, 6.45) is 0. The summed E-state index contributed by atoms with van der Waals surface area (Å²) in [5, 5.41) is 0. The third kappa shape index (κ3) is 28.4. The molecule has 0 unspecified atom stereocenters. The summed E-state index contributed by atoms with van der Waals surface area (Å²) >= 11 is 0. The first-order valence-corrected chi connectivity index (χ1v) is 0. The Morgan fingerprint density at radius 2 is 0.667 bits per heavy atom. The van der Waals surface area contributed by atoms with E-state index in [1.165, 1.54) is 0 Å². The molecule has 0 bridgehead atoms. The molecule has 0 aromatic carbocycles. The molecule has 6 heavy (non-hydrogen) atoms. The molecule has 0 fully saturated rings. The maximum absolute atomic E-state index is 0. The Balaban J connectivity index is 0. The summed E-state index contributed by atoms with van der Waals surface area (Å²) in [6.45, 7) is 0. The van der Waals surface area contributed by atoms with Crippen molar-refractivity contribution in [3.8, 4) is 0 Å². The van der Waals surface area contributed by atoms with E-state index in [4.69, 9.17) is 0 Å². The van der Waals surface area contributed by atoms with Crippen LogP contribution in [0.3, 0.4) is 0 Å². The van der Waals surface area contributed by atoms with Gasteiger partial charge in [0.1, 0.15) is 0 Å². The first-order valence-electron chi connectivity index (χ1n) is 0. The van der Waals surface area contributed by atoms with Crippen LogP contribution in [0, 0.1) is 0 Å². The van der Waals surface area contributed by atoms with Crippen molar-refractivity contribution in [3.63, 3.8) is 0 Å². The molecule has 0 aliphatic heterocycles. The molecule has 0 aliphatic carbocycles. The van der Waals surface area contributed by atoms with E-state index in [1.807, 2.05) is 0 Å². The second-order valence-electron chi connectivity index (χ2n) is 0. The first-order chi connectivity index (χ1) is 0. The summed E-state index contributed by atoms with van der Waals surface area (Å²) in [4.78, 5) is 0. The second-order valence-corrected chi connectivity index (χ2v) is 0. The number of hydrogen-bond acceptors (Lipinski definition) is 0. The van der Waals surface area contributed by atoms with Crippen LogP contribution < -0.4 is 0 Å². The van der Waals surface area contributed by atoms with Gasteiger partial charge >= 0.3 is 59.1 Å². The van der Waals surface area contributed by atoms with Gasteiger partial charge in [-0.2, -0.15) is 0 Å². The summed E-state index contributed by atoms with van der Waals surface area (Å²) in [5.74, 6) is 0. The van der Waals surface area contributed by atoms with E-state index in [0.29, 0.717) is 0 Å². The zero-order valence-corrected chi connectivity index (χ0v) is 3.68. The number of rotatable bonds is 0. The van der Waals surface area contributed by atoms with E-state index in [-0.39, 0.29) is 103 Å². The molecule has 0 saturated heterocycles. The van der Waals surface area contributed by atoms with Crippen molar-refractivity contribution in [2.24, 2.45) is 0 Å². The van der Waals surface area contributed by atoms with E-state index in [9.17, 15) is 0 Å². The molecule has 0 aromatic rings. The molecule has 2 nitrogen and oxygen atoms in total. The van der Waals surface area contributed by atoms with Gasteiger partial charge in [0, 0.05) is 33.3 Å². The Kier molecular flexibility index (Phi) is 486. The van der Waals surface area contributed by atoms with Gasteiger partial charge in [0.25, 0.3) is 0 Å². The molecule has 0 aliphatic rings. The van der Waals surface area contributed by atoms with Crippen molar-refractivity contribution < 1.29 is 44.2 Å². The Morgan fingerprint density at radius 1 is 0.667 bits per heavy atom. The molecule has 39 valence electrons. The van der Waals surface area contributed by atoms with E-state index >= 15 is 0 Å². The smallest absolute Gasteiger partial charge is 0 e. The maximum Gasteiger partial charge on any atom is 0 e. The van der Waals surface area contributed by atoms with Crippen LogP contribution in [0.2, 0.25) is 0 Å². The summed E-state index contributed by atoms with van der Waals surface area (Å²) in [5.41, 5.74) is 0. The van der Waals surface area contributed by atoms with Crippen LogP contribution in [-0.2, 0) is 33.3 Å². The fourth-order valence-corrected chi connectivity index (χ4v) is 0. The topological polar surface area (TPSA) is 63.0 Å². The predicted molar refractivity (Wildman–Crippen MR) is 21.5 cm³/mol. The predicted octanol–water partition coefficient (Wildman–Crippen LogP) is -2.95. The van der Waals surface area contributed by atoms with Gasteiger partial charge in [-0.25, -0.2) is 0 Å². The van der Waals surface area contributed by atoms with Crippen LogP contribution in [0.5, 0.6) is 0 Å². The van der Waals surface area contributed by atoms with Gasteiger partial charge in [-0.1, -0.05) is 0 Å². The fourth-order valence-electron chi connectivity index (χ4n) is 0. The molecule has 0 saturated carbocycles. The average molecular weight is 202 g/mol.